The molecule has 0 amide bonds. The molecule has 0 bridgehead atoms. The van der Waals surface area contributed by atoms with Crippen LogP contribution >= 0.6 is 0 Å². The second-order valence-electron chi connectivity index (χ2n) is 3.41. The van der Waals surface area contributed by atoms with E-state index in [4.69, 9.17) is 0 Å². The van der Waals surface area contributed by atoms with E-state index in [9.17, 15) is 13.2 Å². The summed E-state index contributed by atoms with van der Waals surface area (Å²) in [6.45, 7) is 3.64. The smallest absolute Gasteiger partial charge is 0.171 e. The maximum atomic E-state index is 12.2. The van der Waals surface area contributed by atoms with Gasteiger partial charge in [0.25, 0.3) is 0 Å². The largest absolute Gasteiger partial charge is 0.393 e. The third-order valence-electron chi connectivity index (χ3n) is 2.21. The van der Waals surface area contributed by atoms with Crippen LogP contribution in [0.2, 0.25) is 0 Å². The number of hydrogen-bond donors (Lipinski definition) is 0. The molecule has 0 aliphatic heterocycles. The molecule has 0 spiro atoms. The van der Waals surface area contributed by atoms with Gasteiger partial charge < -0.3 is 0 Å². The van der Waals surface area contributed by atoms with Crippen molar-refractivity contribution in [2.45, 2.75) is 32.9 Å². The van der Waals surface area contributed by atoms with Gasteiger partial charge in [0.15, 0.2) is 0 Å². The Kier molecular flexibility index (Phi) is 3.19. The summed E-state index contributed by atoms with van der Waals surface area (Å²) in [5, 5.41) is 0. The third-order valence-corrected chi connectivity index (χ3v) is 2.21. The first kappa shape index (κ1) is 11.1. The van der Waals surface area contributed by atoms with Gasteiger partial charge in [-0.05, 0) is 30.0 Å². The summed E-state index contributed by atoms with van der Waals surface area (Å²) in [6.07, 6.45) is -4.17. The summed E-state index contributed by atoms with van der Waals surface area (Å²) in [6, 6.07) is 5.26. The van der Waals surface area contributed by atoms with Crippen LogP contribution in [0.15, 0.2) is 18.2 Å². The first-order valence-electron chi connectivity index (χ1n) is 4.57. The van der Waals surface area contributed by atoms with E-state index >= 15 is 0 Å². The van der Waals surface area contributed by atoms with Crippen molar-refractivity contribution in [2.24, 2.45) is 0 Å². The maximum Gasteiger partial charge on any atom is 0.393 e. The Morgan fingerprint density at radius 3 is 2.36 bits per heavy atom. The highest BCUT2D eigenvalue weighted by Gasteiger charge is 2.28. The van der Waals surface area contributed by atoms with Crippen molar-refractivity contribution in [1.29, 1.82) is 0 Å². The minimum atomic E-state index is -4.11. The van der Waals surface area contributed by atoms with Gasteiger partial charge in [-0.15, -0.1) is 0 Å². The standard InChI is InChI=1S/C11H13F3/c1-3-9-5-4-8(2)10(6-9)7-11(12,13)14/h4-6H,3,7H2,1-2H3. The number of rotatable bonds is 2. The zero-order valence-corrected chi connectivity index (χ0v) is 8.28. The zero-order chi connectivity index (χ0) is 10.8. The highest BCUT2D eigenvalue weighted by Crippen LogP contribution is 2.24. The summed E-state index contributed by atoms with van der Waals surface area (Å²) >= 11 is 0. The Morgan fingerprint density at radius 1 is 1.21 bits per heavy atom. The molecule has 0 aliphatic carbocycles. The molecule has 0 fully saturated rings. The average molecular weight is 202 g/mol. The Hall–Kier alpha value is -0.990. The Bertz CT molecular complexity index is 313. The number of halogens is 3. The quantitative estimate of drug-likeness (QED) is 0.686. The van der Waals surface area contributed by atoms with Crippen LogP contribution in [-0.2, 0) is 12.8 Å². The van der Waals surface area contributed by atoms with Gasteiger partial charge in [0.1, 0.15) is 0 Å². The van der Waals surface area contributed by atoms with Crippen LogP contribution in [-0.4, -0.2) is 6.18 Å². The van der Waals surface area contributed by atoms with Crippen LogP contribution < -0.4 is 0 Å². The molecule has 1 rings (SSSR count). The predicted molar refractivity (Wildman–Crippen MR) is 50.3 cm³/mol. The van der Waals surface area contributed by atoms with E-state index in [1.165, 1.54) is 0 Å². The van der Waals surface area contributed by atoms with E-state index in [-0.39, 0.29) is 0 Å². The molecular weight excluding hydrogens is 189 g/mol. The molecule has 78 valence electrons. The van der Waals surface area contributed by atoms with Crippen LogP contribution in [0, 0.1) is 6.92 Å². The number of alkyl halides is 3. The third kappa shape index (κ3) is 3.05. The number of aryl methyl sites for hydroxylation is 2. The lowest BCUT2D eigenvalue weighted by molar-refractivity contribution is -0.127. The van der Waals surface area contributed by atoms with Crippen molar-refractivity contribution in [1.82, 2.24) is 0 Å². The SMILES string of the molecule is CCc1ccc(C)c(CC(F)(F)F)c1. The molecule has 0 saturated heterocycles. The zero-order valence-electron chi connectivity index (χ0n) is 8.28. The van der Waals surface area contributed by atoms with Gasteiger partial charge in [-0.2, -0.15) is 13.2 Å². The predicted octanol–water partition coefficient (Wildman–Crippen LogP) is 3.66. The summed E-state index contributed by atoms with van der Waals surface area (Å²) in [4.78, 5) is 0. The van der Waals surface area contributed by atoms with Crippen molar-refractivity contribution in [2.75, 3.05) is 0 Å². The lowest BCUT2D eigenvalue weighted by atomic mass is 10.0. The van der Waals surface area contributed by atoms with E-state index in [0.717, 1.165) is 12.0 Å². The highest BCUT2D eigenvalue weighted by molar-refractivity contribution is 5.31. The Balaban J connectivity index is 2.95. The van der Waals surface area contributed by atoms with Gasteiger partial charge in [-0.1, -0.05) is 25.1 Å². The molecule has 0 nitrogen and oxygen atoms in total. The average Bonchev–Trinajstić information content (AvgIpc) is 2.06. The second-order valence-corrected chi connectivity index (χ2v) is 3.41. The van der Waals surface area contributed by atoms with Crippen molar-refractivity contribution in [3.8, 4) is 0 Å². The van der Waals surface area contributed by atoms with Crippen molar-refractivity contribution in [3.63, 3.8) is 0 Å². The van der Waals surface area contributed by atoms with Crippen molar-refractivity contribution >= 4 is 0 Å². The van der Waals surface area contributed by atoms with Gasteiger partial charge in [-0.25, -0.2) is 0 Å². The van der Waals surface area contributed by atoms with E-state index in [2.05, 4.69) is 0 Å². The first-order valence-corrected chi connectivity index (χ1v) is 4.57. The fourth-order valence-corrected chi connectivity index (χ4v) is 1.35. The summed E-state index contributed by atoms with van der Waals surface area (Å²) in [5.41, 5.74) is 2.05. The first-order chi connectivity index (χ1) is 6.42. The minimum absolute atomic E-state index is 0.386. The van der Waals surface area contributed by atoms with Gasteiger partial charge in [0, 0.05) is 0 Å². The molecule has 1 aromatic carbocycles. The molecule has 14 heavy (non-hydrogen) atoms. The highest BCUT2D eigenvalue weighted by atomic mass is 19.4. The molecule has 0 unspecified atom stereocenters. The fourth-order valence-electron chi connectivity index (χ4n) is 1.35. The number of hydrogen-bond acceptors (Lipinski definition) is 0. The van der Waals surface area contributed by atoms with Gasteiger partial charge in [-0.3, -0.25) is 0 Å². The van der Waals surface area contributed by atoms with E-state index in [1.807, 2.05) is 13.0 Å². The summed E-state index contributed by atoms with van der Waals surface area (Å²) in [5.74, 6) is 0. The summed E-state index contributed by atoms with van der Waals surface area (Å²) < 4.78 is 36.5. The second kappa shape index (κ2) is 4.03. The van der Waals surface area contributed by atoms with Gasteiger partial charge >= 0.3 is 6.18 Å². The summed E-state index contributed by atoms with van der Waals surface area (Å²) in [7, 11) is 0. The minimum Gasteiger partial charge on any atom is -0.171 e. The van der Waals surface area contributed by atoms with E-state index < -0.39 is 12.6 Å². The lowest BCUT2D eigenvalue weighted by Gasteiger charge is -2.10. The molecule has 1 aromatic rings. The topological polar surface area (TPSA) is 0 Å². The van der Waals surface area contributed by atoms with Gasteiger partial charge in [0.05, 0.1) is 6.42 Å². The lowest BCUT2D eigenvalue weighted by Crippen LogP contribution is -2.12. The van der Waals surface area contributed by atoms with Crippen molar-refractivity contribution < 1.29 is 13.2 Å². The van der Waals surface area contributed by atoms with Crippen LogP contribution in [0.3, 0.4) is 0 Å². The molecule has 0 heterocycles. The number of benzene rings is 1. The van der Waals surface area contributed by atoms with E-state index in [0.29, 0.717) is 11.1 Å². The van der Waals surface area contributed by atoms with Crippen LogP contribution in [0.1, 0.15) is 23.6 Å². The molecule has 0 aromatic heterocycles. The molecule has 0 saturated carbocycles. The Labute approximate surface area is 81.8 Å². The maximum absolute atomic E-state index is 12.2. The molecule has 0 aliphatic rings. The fraction of sp³-hybridized carbons (Fsp3) is 0.455. The normalized spacial score (nSPS) is 11.8. The Morgan fingerprint density at radius 2 is 1.86 bits per heavy atom. The molecule has 0 N–H and O–H groups in total. The molecule has 3 heteroatoms. The van der Waals surface area contributed by atoms with Crippen molar-refractivity contribution in [3.05, 3.63) is 34.9 Å². The molecule has 0 radical (unpaired) electrons. The monoisotopic (exact) mass is 202 g/mol. The van der Waals surface area contributed by atoms with Crippen LogP contribution in [0.4, 0.5) is 13.2 Å². The van der Waals surface area contributed by atoms with Crippen LogP contribution in [0.25, 0.3) is 0 Å². The van der Waals surface area contributed by atoms with E-state index in [1.54, 1.807) is 19.1 Å². The van der Waals surface area contributed by atoms with Gasteiger partial charge in [0.2, 0.25) is 0 Å². The molecular formula is C11H13F3. The molecule has 0 atom stereocenters. The van der Waals surface area contributed by atoms with Crippen LogP contribution in [0.5, 0.6) is 0 Å².